The SMILES string of the molecule is CCOc1ccc(-c2nc(CC(=O)NCc3cnc(C)s3)cs2)cc1. The lowest BCUT2D eigenvalue weighted by atomic mass is 10.2. The molecule has 25 heavy (non-hydrogen) atoms. The van der Waals surface area contributed by atoms with Crippen LogP contribution in [0.3, 0.4) is 0 Å². The van der Waals surface area contributed by atoms with Gasteiger partial charge in [0.05, 0.1) is 30.3 Å². The molecule has 0 aliphatic rings. The van der Waals surface area contributed by atoms with Crippen LogP contribution < -0.4 is 10.1 Å². The number of carbonyl (C=O) groups excluding carboxylic acids is 1. The van der Waals surface area contributed by atoms with Crippen molar-refractivity contribution in [2.45, 2.75) is 26.8 Å². The first kappa shape index (κ1) is 17.6. The largest absolute Gasteiger partial charge is 0.494 e. The van der Waals surface area contributed by atoms with Gasteiger partial charge in [0.25, 0.3) is 0 Å². The smallest absolute Gasteiger partial charge is 0.226 e. The molecule has 2 aromatic heterocycles. The molecule has 7 heteroatoms. The van der Waals surface area contributed by atoms with Crippen molar-refractivity contribution in [2.75, 3.05) is 6.61 Å². The molecule has 0 atom stereocenters. The van der Waals surface area contributed by atoms with Gasteiger partial charge in [0.2, 0.25) is 5.91 Å². The van der Waals surface area contributed by atoms with Crippen LogP contribution in [0, 0.1) is 6.92 Å². The predicted octanol–water partition coefficient (Wildman–Crippen LogP) is 3.83. The monoisotopic (exact) mass is 373 g/mol. The van der Waals surface area contributed by atoms with E-state index in [1.165, 1.54) is 0 Å². The Bertz CT molecular complexity index is 840. The number of ether oxygens (including phenoxy) is 1. The fourth-order valence-corrected chi connectivity index (χ4v) is 3.84. The average Bonchev–Trinajstić information content (AvgIpc) is 3.23. The van der Waals surface area contributed by atoms with Gasteiger partial charge >= 0.3 is 0 Å². The number of hydrogen-bond donors (Lipinski definition) is 1. The molecule has 0 aliphatic heterocycles. The number of nitrogens with zero attached hydrogens (tertiary/aromatic N) is 2. The quantitative estimate of drug-likeness (QED) is 0.683. The molecular formula is C18H19N3O2S2. The van der Waals surface area contributed by atoms with Gasteiger partial charge in [-0.25, -0.2) is 9.97 Å². The Kier molecular flexibility index (Phi) is 5.78. The summed E-state index contributed by atoms with van der Waals surface area (Å²) in [5.74, 6) is 0.815. The lowest BCUT2D eigenvalue weighted by Gasteiger charge is -2.03. The predicted molar refractivity (Wildman–Crippen MR) is 101 cm³/mol. The van der Waals surface area contributed by atoms with Crippen molar-refractivity contribution in [3.63, 3.8) is 0 Å². The third-order valence-corrected chi connectivity index (χ3v) is 5.29. The zero-order valence-corrected chi connectivity index (χ0v) is 15.7. The number of thiazole rings is 2. The van der Waals surface area contributed by atoms with Crippen molar-refractivity contribution in [1.82, 2.24) is 15.3 Å². The summed E-state index contributed by atoms with van der Waals surface area (Å²) >= 11 is 3.13. The number of rotatable bonds is 7. The Hall–Kier alpha value is -2.25. The number of nitrogens with one attached hydrogen (secondary N) is 1. The molecule has 3 aromatic rings. The van der Waals surface area contributed by atoms with Crippen LogP contribution in [0.4, 0.5) is 0 Å². The van der Waals surface area contributed by atoms with Crippen LogP contribution in [0.25, 0.3) is 10.6 Å². The molecule has 3 rings (SSSR count). The third kappa shape index (κ3) is 4.87. The number of aromatic nitrogens is 2. The Balaban J connectivity index is 1.56. The molecule has 1 amide bonds. The van der Waals surface area contributed by atoms with Crippen molar-refractivity contribution in [2.24, 2.45) is 0 Å². The third-order valence-electron chi connectivity index (χ3n) is 3.43. The fourth-order valence-electron chi connectivity index (χ4n) is 2.28. The molecule has 1 aromatic carbocycles. The van der Waals surface area contributed by atoms with Gasteiger partial charge in [-0.3, -0.25) is 4.79 Å². The number of hydrogen-bond acceptors (Lipinski definition) is 6. The molecule has 5 nitrogen and oxygen atoms in total. The Morgan fingerprint density at radius 1 is 1.28 bits per heavy atom. The Morgan fingerprint density at radius 2 is 2.08 bits per heavy atom. The zero-order valence-electron chi connectivity index (χ0n) is 14.1. The minimum atomic E-state index is -0.0328. The highest BCUT2D eigenvalue weighted by Crippen LogP contribution is 2.26. The summed E-state index contributed by atoms with van der Waals surface area (Å²) in [7, 11) is 0. The maximum atomic E-state index is 12.1. The molecule has 0 spiro atoms. The summed E-state index contributed by atoms with van der Waals surface area (Å²) in [6.07, 6.45) is 2.08. The second-order valence-corrected chi connectivity index (χ2v) is 7.58. The second kappa shape index (κ2) is 8.22. The standard InChI is InChI=1S/C18H19N3O2S2/c1-3-23-15-6-4-13(5-7-15)18-21-14(11-24-18)8-17(22)20-10-16-9-19-12(2)25-16/h4-7,9,11H,3,8,10H2,1-2H3,(H,20,22). The van der Waals surface area contributed by atoms with Crippen LogP contribution in [0.1, 0.15) is 22.5 Å². The van der Waals surface area contributed by atoms with Crippen molar-refractivity contribution < 1.29 is 9.53 Å². The first-order chi connectivity index (χ1) is 12.1. The normalized spacial score (nSPS) is 10.6. The number of benzene rings is 1. The van der Waals surface area contributed by atoms with Crippen molar-refractivity contribution >= 4 is 28.6 Å². The van der Waals surface area contributed by atoms with Gasteiger partial charge in [-0.1, -0.05) is 0 Å². The van der Waals surface area contributed by atoms with E-state index in [9.17, 15) is 4.79 Å². The molecule has 2 heterocycles. The molecule has 0 radical (unpaired) electrons. The van der Waals surface area contributed by atoms with Crippen LogP contribution in [0.2, 0.25) is 0 Å². The van der Waals surface area contributed by atoms with Crippen LogP contribution in [-0.4, -0.2) is 22.5 Å². The molecule has 0 bridgehead atoms. The van der Waals surface area contributed by atoms with E-state index >= 15 is 0 Å². The highest BCUT2D eigenvalue weighted by molar-refractivity contribution is 7.13. The van der Waals surface area contributed by atoms with Crippen molar-refractivity contribution in [1.29, 1.82) is 0 Å². The number of aryl methyl sites for hydroxylation is 1. The van der Waals surface area contributed by atoms with Gasteiger partial charge in [0, 0.05) is 22.0 Å². The number of carbonyl (C=O) groups is 1. The van der Waals surface area contributed by atoms with Crippen LogP contribution in [-0.2, 0) is 17.8 Å². The lowest BCUT2D eigenvalue weighted by Crippen LogP contribution is -2.24. The van der Waals surface area contributed by atoms with Gasteiger partial charge in [-0.15, -0.1) is 22.7 Å². The highest BCUT2D eigenvalue weighted by atomic mass is 32.1. The van der Waals surface area contributed by atoms with Crippen molar-refractivity contribution in [3.8, 4) is 16.3 Å². The summed E-state index contributed by atoms with van der Waals surface area (Å²) in [5, 5.41) is 6.75. The Labute approximate surface area is 154 Å². The minimum Gasteiger partial charge on any atom is -0.494 e. The van der Waals surface area contributed by atoms with Gasteiger partial charge < -0.3 is 10.1 Å². The topological polar surface area (TPSA) is 64.1 Å². The minimum absolute atomic E-state index is 0.0328. The van der Waals surface area contributed by atoms with E-state index in [4.69, 9.17) is 4.74 Å². The first-order valence-corrected chi connectivity index (χ1v) is 9.69. The van der Waals surface area contributed by atoms with Crippen LogP contribution in [0.15, 0.2) is 35.8 Å². The van der Waals surface area contributed by atoms with Crippen LogP contribution in [0.5, 0.6) is 5.75 Å². The summed E-state index contributed by atoms with van der Waals surface area (Å²) < 4.78 is 5.45. The van der Waals surface area contributed by atoms with Gasteiger partial charge in [-0.05, 0) is 38.1 Å². The molecule has 130 valence electrons. The van der Waals surface area contributed by atoms with E-state index in [2.05, 4.69) is 15.3 Å². The molecule has 0 unspecified atom stereocenters. The van der Waals surface area contributed by atoms with Crippen LogP contribution >= 0.6 is 22.7 Å². The van der Waals surface area contributed by atoms with Crippen molar-refractivity contribution in [3.05, 3.63) is 51.4 Å². The molecule has 0 aliphatic carbocycles. The average molecular weight is 374 g/mol. The van der Waals surface area contributed by atoms with E-state index in [1.807, 2.05) is 43.5 Å². The van der Waals surface area contributed by atoms with E-state index in [1.54, 1.807) is 28.9 Å². The molecule has 0 saturated carbocycles. The maximum Gasteiger partial charge on any atom is 0.226 e. The maximum absolute atomic E-state index is 12.1. The molecule has 0 fully saturated rings. The van der Waals surface area contributed by atoms with E-state index in [-0.39, 0.29) is 12.3 Å². The van der Waals surface area contributed by atoms with E-state index in [0.29, 0.717) is 13.2 Å². The highest BCUT2D eigenvalue weighted by Gasteiger charge is 2.10. The first-order valence-electron chi connectivity index (χ1n) is 7.99. The molecule has 0 saturated heterocycles. The fraction of sp³-hybridized carbons (Fsp3) is 0.278. The van der Waals surface area contributed by atoms with Gasteiger partial charge in [-0.2, -0.15) is 0 Å². The summed E-state index contributed by atoms with van der Waals surface area (Å²) in [6.45, 7) is 5.08. The molecule has 1 N–H and O–H groups in total. The van der Waals surface area contributed by atoms with E-state index < -0.39 is 0 Å². The molecular weight excluding hydrogens is 354 g/mol. The summed E-state index contributed by atoms with van der Waals surface area (Å²) in [5.41, 5.74) is 1.81. The van der Waals surface area contributed by atoms with Gasteiger partial charge in [0.1, 0.15) is 10.8 Å². The Morgan fingerprint density at radius 3 is 2.76 bits per heavy atom. The summed E-state index contributed by atoms with van der Waals surface area (Å²) in [4.78, 5) is 21.9. The summed E-state index contributed by atoms with van der Waals surface area (Å²) in [6, 6.07) is 7.84. The number of amides is 1. The second-order valence-electron chi connectivity index (χ2n) is 5.40. The lowest BCUT2D eigenvalue weighted by molar-refractivity contribution is -0.120. The van der Waals surface area contributed by atoms with E-state index in [0.717, 1.165) is 31.9 Å². The van der Waals surface area contributed by atoms with Gasteiger partial charge in [0.15, 0.2) is 0 Å². The zero-order chi connectivity index (χ0) is 17.6.